The van der Waals surface area contributed by atoms with Gasteiger partial charge < -0.3 is 14.4 Å². The third-order valence-corrected chi connectivity index (χ3v) is 1.44. The van der Waals surface area contributed by atoms with Crippen molar-refractivity contribution < 1.29 is 14.4 Å². The van der Waals surface area contributed by atoms with Crippen molar-refractivity contribution >= 4 is 7.14 Å². The molecule has 0 aromatic heterocycles. The highest BCUT2D eigenvalue weighted by atomic mass is 31.2. The average molecular weight is 152 g/mol. The second kappa shape index (κ2) is 4.04. The summed E-state index contributed by atoms with van der Waals surface area (Å²) in [4.78, 5) is 0. The monoisotopic (exact) mass is 152 g/mol. The Morgan fingerprint density at radius 1 is 1.56 bits per heavy atom. The van der Waals surface area contributed by atoms with Crippen molar-refractivity contribution in [3.05, 3.63) is 0 Å². The zero-order valence-electron chi connectivity index (χ0n) is 5.83. The molecule has 56 valence electrons. The molecule has 0 bridgehead atoms. The molecule has 0 rings (SSSR count). The first kappa shape index (κ1) is 9.15. The summed E-state index contributed by atoms with van der Waals surface area (Å²) in [5.41, 5.74) is 0. The van der Waals surface area contributed by atoms with Crippen molar-refractivity contribution in [1.82, 2.24) is 0 Å². The first-order chi connectivity index (χ1) is 4.06. The fourth-order valence-electron chi connectivity index (χ4n) is 0.349. The van der Waals surface area contributed by atoms with Crippen LogP contribution in [0, 0.1) is 0 Å². The quantitative estimate of drug-likeness (QED) is 0.473. The summed E-state index contributed by atoms with van der Waals surface area (Å²) < 4.78 is 15.7. The second-order valence-electron chi connectivity index (χ2n) is 2.33. The van der Waals surface area contributed by atoms with Crippen LogP contribution in [0.3, 0.4) is 0 Å². The number of hydrogen-bond acceptors (Lipinski definition) is 3. The Hall–Kier alpha value is 0.150. The molecule has 9 heavy (non-hydrogen) atoms. The predicted octanol–water partition coefficient (Wildman–Crippen LogP) is 0.575. The van der Waals surface area contributed by atoms with Gasteiger partial charge in [-0.25, -0.2) is 0 Å². The third kappa shape index (κ3) is 8.15. The molecule has 0 amide bonds. The maximum Gasteiger partial charge on any atom is 0.106 e. The SMILES string of the molecule is CP(C)(=O)COCCO. The van der Waals surface area contributed by atoms with Crippen LogP contribution in [0.4, 0.5) is 0 Å². The van der Waals surface area contributed by atoms with Gasteiger partial charge in [0.2, 0.25) is 0 Å². The van der Waals surface area contributed by atoms with Gasteiger partial charge in [0.1, 0.15) is 7.14 Å². The molecular formula is C5H13O3P. The van der Waals surface area contributed by atoms with Crippen molar-refractivity contribution in [2.75, 3.05) is 32.9 Å². The molecule has 0 atom stereocenters. The van der Waals surface area contributed by atoms with E-state index in [9.17, 15) is 4.57 Å². The largest absolute Gasteiger partial charge is 0.394 e. The smallest absolute Gasteiger partial charge is 0.106 e. The van der Waals surface area contributed by atoms with E-state index in [0.29, 0.717) is 0 Å². The lowest BCUT2D eigenvalue weighted by atomic mass is 10.8. The van der Waals surface area contributed by atoms with E-state index >= 15 is 0 Å². The summed E-state index contributed by atoms with van der Waals surface area (Å²) in [7, 11) is -2.03. The van der Waals surface area contributed by atoms with Crippen LogP contribution in [-0.2, 0) is 9.30 Å². The molecule has 0 saturated heterocycles. The van der Waals surface area contributed by atoms with Crippen LogP contribution >= 0.6 is 7.14 Å². The van der Waals surface area contributed by atoms with Crippen LogP contribution in [-0.4, -0.2) is 38.0 Å². The molecule has 0 radical (unpaired) electrons. The molecule has 0 aliphatic carbocycles. The highest BCUT2D eigenvalue weighted by Crippen LogP contribution is 2.35. The summed E-state index contributed by atoms with van der Waals surface area (Å²) >= 11 is 0. The Bertz CT molecular complexity index is 107. The minimum Gasteiger partial charge on any atom is -0.394 e. The summed E-state index contributed by atoms with van der Waals surface area (Å²) in [6.07, 6.45) is 0.271. The zero-order valence-corrected chi connectivity index (χ0v) is 6.73. The molecule has 4 heteroatoms. The molecule has 0 saturated carbocycles. The van der Waals surface area contributed by atoms with E-state index in [1.54, 1.807) is 13.3 Å². The number of aliphatic hydroxyl groups excluding tert-OH is 1. The van der Waals surface area contributed by atoms with Crippen LogP contribution in [0.1, 0.15) is 0 Å². The first-order valence-corrected chi connectivity index (χ1v) is 5.57. The van der Waals surface area contributed by atoms with E-state index in [2.05, 4.69) is 0 Å². The van der Waals surface area contributed by atoms with Gasteiger partial charge in [0.25, 0.3) is 0 Å². The Balaban J connectivity index is 3.18. The van der Waals surface area contributed by atoms with E-state index in [1.807, 2.05) is 0 Å². The fourth-order valence-corrected chi connectivity index (χ4v) is 0.918. The van der Waals surface area contributed by atoms with Gasteiger partial charge in [0, 0.05) is 0 Å². The Kier molecular flexibility index (Phi) is 4.11. The van der Waals surface area contributed by atoms with Crippen LogP contribution in [0.15, 0.2) is 0 Å². The molecule has 3 nitrogen and oxygen atoms in total. The lowest BCUT2D eigenvalue weighted by Crippen LogP contribution is -2.00. The van der Waals surface area contributed by atoms with Gasteiger partial charge in [-0.15, -0.1) is 0 Å². The molecule has 1 N–H and O–H groups in total. The lowest BCUT2D eigenvalue weighted by molar-refractivity contribution is 0.121. The Labute approximate surface area is 55.4 Å². The van der Waals surface area contributed by atoms with Crippen LogP contribution in [0.25, 0.3) is 0 Å². The molecule has 0 aromatic carbocycles. The van der Waals surface area contributed by atoms with Crippen LogP contribution < -0.4 is 0 Å². The topological polar surface area (TPSA) is 46.5 Å². The van der Waals surface area contributed by atoms with E-state index in [-0.39, 0.29) is 19.6 Å². The highest BCUT2D eigenvalue weighted by Gasteiger charge is 2.04. The minimum absolute atomic E-state index is 0. The highest BCUT2D eigenvalue weighted by molar-refractivity contribution is 7.62. The normalized spacial score (nSPS) is 11.9. The molecule has 0 aliphatic rings. The van der Waals surface area contributed by atoms with E-state index in [0.717, 1.165) is 0 Å². The molecule has 0 aromatic rings. The van der Waals surface area contributed by atoms with Crippen molar-refractivity contribution in [2.45, 2.75) is 0 Å². The zero-order chi connectivity index (χ0) is 7.33. The summed E-state index contributed by atoms with van der Waals surface area (Å²) in [5, 5.41) is 8.25. The third-order valence-electron chi connectivity index (χ3n) is 0.638. The van der Waals surface area contributed by atoms with Crippen molar-refractivity contribution in [3.63, 3.8) is 0 Å². The van der Waals surface area contributed by atoms with Crippen molar-refractivity contribution in [2.24, 2.45) is 0 Å². The Morgan fingerprint density at radius 3 is 2.44 bits per heavy atom. The van der Waals surface area contributed by atoms with Gasteiger partial charge in [-0.2, -0.15) is 0 Å². The predicted molar refractivity (Wildman–Crippen MR) is 37.4 cm³/mol. The number of hydrogen-bond donors (Lipinski definition) is 1. The maximum atomic E-state index is 10.9. The molecule has 0 heterocycles. The molecule has 0 unspecified atom stereocenters. The van der Waals surface area contributed by atoms with Gasteiger partial charge >= 0.3 is 0 Å². The van der Waals surface area contributed by atoms with E-state index < -0.39 is 7.14 Å². The summed E-state index contributed by atoms with van der Waals surface area (Å²) in [6.45, 7) is 3.60. The van der Waals surface area contributed by atoms with Gasteiger partial charge in [0.05, 0.1) is 19.6 Å². The summed E-state index contributed by atoms with van der Waals surface area (Å²) in [5.74, 6) is 0. The van der Waals surface area contributed by atoms with Crippen molar-refractivity contribution in [3.8, 4) is 0 Å². The van der Waals surface area contributed by atoms with E-state index in [1.165, 1.54) is 0 Å². The lowest BCUT2D eigenvalue weighted by Gasteiger charge is -2.05. The van der Waals surface area contributed by atoms with Crippen LogP contribution in [0.5, 0.6) is 0 Å². The maximum absolute atomic E-state index is 10.9. The van der Waals surface area contributed by atoms with Crippen LogP contribution in [0.2, 0.25) is 0 Å². The standard InChI is InChI=1S/C5H13O3P/c1-9(2,7)5-8-4-3-6/h6H,3-5H2,1-2H3. The number of aliphatic hydroxyl groups is 1. The molecule has 0 spiro atoms. The van der Waals surface area contributed by atoms with Gasteiger partial charge in [-0.05, 0) is 13.3 Å². The average Bonchev–Trinajstić information content (AvgIpc) is 1.63. The fraction of sp³-hybridized carbons (Fsp3) is 1.00. The first-order valence-electron chi connectivity index (χ1n) is 2.79. The van der Waals surface area contributed by atoms with Gasteiger partial charge in [-0.3, -0.25) is 0 Å². The number of ether oxygens (including phenoxy) is 1. The molecular weight excluding hydrogens is 139 g/mol. The second-order valence-corrected chi connectivity index (χ2v) is 5.74. The van der Waals surface area contributed by atoms with Crippen molar-refractivity contribution in [1.29, 1.82) is 0 Å². The van der Waals surface area contributed by atoms with Gasteiger partial charge in [-0.1, -0.05) is 0 Å². The van der Waals surface area contributed by atoms with E-state index in [4.69, 9.17) is 9.84 Å². The molecule has 0 fully saturated rings. The van der Waals surface area contributed by atoms with Gasteiger partial charge in [0.15, 0.2) is 0 Å². The minimum atomic E-state index is -2.03. The number of rotatable bonds is 4. The molecule has 0 aliphatic heterocycles. The summed E-state index contributed by atoms with van der Waals surface area (Å²) in [6, 6.07) is 0. The Morgan fingerprint density at radius 2 is 2.11 bits per heavy atom.